The number of benzene rings is 1. The van der Waals surface area contributed by atoms with Crippen LogP contribution < -0.4 is 11.1 Å². The van der Waals surface area contributed by atoms with Gasteiger partial charge in [-0.15, -0.1) is 0 Å². The highest BCUT2D eigenvalue weighted by molar-refractivity contribution is 5.84. The Morgan fingerprint density at radius 3 is 2.40 bits per heavy atom. The van der Waals surface area contributed by atoms with Crippen molar-refractivity contribution in [2.24, 2.45) is 11.7 Å². The monoisotopic (exact) mass is 288 g/mol. The molecule has 3 N–H and O–H groups in total. The Labute approximate surface area is 114 Å². The van der Waals surface area contributed by atoms with Crippen LogP contribution in [0, 0.1) is 5.92 Å². The van der Waals surface area contributed by atoms with Crippen molar-refractivity contribution in [3.05, 3.63) is 29.8 Å². The molecule has 1 aliphatic carbocycles. The standard InChI is InChI=1S/C13H15F3N2O2/c14-13(15,16)9-1-3-10(4-2-9)18-12(19)20-11-5-8(6-11)7-17/h1-4,8,11H,5-7,17H2,(H,18,19). The van der Waals surface area contributed by atoms with Crippen LogP contribution in [0.2, 0.25) is 0 Å². The van der Waals surface area contributed by atoms with Gasteiger partial charge in [0, 0.05) is 5.69 Å². The van der Waals surface area contributed by atoms with E-state index in [1.54, 1.807) is 0 Å². The summed E-state index contributed by atoms with van der Waals surface area (Å²) in [4.78, 5) is 11.5. The summed E-state index contributed by atoms with van der Waals surface area (Å²) in [5.74, 6) is 0.388. The van der Waals surface area contributed by atoms with Crippen LogP contribution in [0.5, 0.6) is 0 Å². The average molecular weight is 288 g/mol. The fraction of sp³-hybridized carbons (Fsp3) is 0.462. The number of hydrogen-bond acceptors (Lipinski definition) is 3. The van der Waals surface area contributed by atoms with Gasteiger partial charge in [-0.1, -0.05) is 0 Å². The number of hydrogen-bond donors (Lipinski definition) is 2. The molecule has 0 radical (unpaired) electrons. The summed E-state index contributed by atoms with van der Waals surface area (Å²) in [5.41, 5.74) is 4.95. The van der Waals surface area contributed by atoms with E-state index in [-0.39, 0.29) is 11.8 Å². The van der Waals surface area contributed by atoms with Crippen molar-refractivity contribution in [3.8, 4) is 0 Å². The van der Waals surface area contributed by atoms with Gasteiger partial charge in [-0.05, 0) is 49.6 Å². The molecule has 0 unspecified atom stereocenters. The number of ether oxygens (including phenoxy) is 1. The van der Waals surface area contributed by atoms with Crippen molar-refractivity contribution in [2.45, 2.75) is 25.1 Å². The zero-order valence-corrected chi connectivity index (χ0v) is 10.6. The molecule has 1 aliphatic rings. The minimum atomic E-state index is -4.39. The molecule has 0 atom stereocenters. The van der Waals surface area contributed by atoms with Gasteiger partial charge in [0.05, 0.1) is 5.56 Å². The van der Waals surface area contributed by atoms with Crippen LogP contribution in [0.1, 0.15) is 18.4 Å². The predicted molar refractivity (Wildman–Crippen MR) is 67.1 cm³/mol. The molecule has 0 spiro atoms. The van der Waals surface area contributed by atoms with Crippen molar-refractivity contribution in [2.75, 3.05) is 11.9 Å². The molecule has 4 nitrogen and oxygen atoms in total. The number of amides is 1. The highest BCUT2D eigenvalue weighted by Gasteiger charge is 2.31. The highest BCUT2D eigenvalue weighted by Crippen LogP contribution is 2.31. The van der Waals surface area contributed by atoms with Crippen molar-refractivity contribution in [3.63, 3.8) is 0 Å². The number of carbonyl (C=O) groups excluding carboxylic acids is 1. The maximum atomic E-state index is 12.4. The van der Waals surface area contributed by atoms with Gasteiger partial charge in [-0.2, -0.15) is 13.2 Å². The van der Waals surface area contributed by atoms with E-state index in [4.69, 9.17) is 10.5 Å². The first-order chi connectivity index (χ1) is 9.38. The Bertz CT molecular complexity index is 467. The molecule has 0 aromatic heterocycles. The van der Waals surface area contributed by atoms with Gasteiger partial charge in [-0.3, -0.25) is 5.32 Å². The second-order valence-electron chi connectivity index (χ2n) is 4.80. The molecule has 20 heavy (non-hydrogen) atoms. The number of carbonyl (C=O) groups is 1. The SMILES string of the molecule is NCC1CC(OC(=O)Nc2ccc(C(F)(F)F)cc2)C1. The van der Waals surface area contributed by atoms with E-state index in [1.807, 2.05) is 0 Å². The van der Waals surface area contributed by atoms with Gasteiger partial charge in [-0.25, -0.2) is 4.79 Å². The number of halogens is 3. The number of rotatable bonds is 3. The lowest BCUT2D eigenvalue weighted by atomic mass is 9.82. The van der Waals surface area contributed by atoms with E-state index in [9.17, 15) is 18.0 Å². The lowest BCUT2D eigenvalue weighted by Gasteiger charge is -2.33. The Balaban J connectivity index is 1.83. The van der Waals surface area contributed by atoms with Crippen LogP contribution >= 0.6 is 0 Å². The molecule has 0 saturated heterocycles. The molecule has 7 heteroatoms. The van der Waals surface area contributed by atoms with E-state index in [2.05, 4.69) is 5.32 Å². The Morgan fingerprint density at radius 1 is 1.30 bits per heavy atom. The first-order valence-corrected chi connectivity index (χ1v) is 6.23. The zero-order valence-electron chi connectivity index (χ0n) is 10.6. The summed E-state index contributed by atoms with van der Waals surface area (Å²) in [6.45, 7) is 0.570. The average Bonchev–Trinajstić information content (AvgIpc) is 2.32. The molecule has 1 saturated carbocycles. The number of nitrogens with one attached hydrogen (secondary N) is 1. The van der Waals surface area contributed by atoms with Gasteiger partial charge in [0.25, 0.3) is 0 Å². The summed E-state index contributed by atoms with van der Waals surface area (Å²) in [6.07, 6.45) is -3.74. The van der Waals surface area contributed by atoms with Gasteiger partial charge in [0.15, 0.2) is 0 Å². The summed E-state index contributed by atoms with van der Waals surface area (Å²) in [7, 11) is 0. The molecule has 1 amide bonds. The lowest BCUT2D eigenvalue weighted by molar-refractivity contribution is -0.137. The maximum absolute atomic E-state index is 12.4. The van der Waals surface area contributed by atoms with E-state index in [0.29, 0.717) is 12.5 Å². The first kappa shape index (κ1) is 14.6. The van der Waals surface area contributed by atoms with E-state index in [0.717, 1.165) is 25.0 Å². The third-order valence-corrected chi connectivity index (χ3v) is 3.26. The summed E-state index contributed by atoms with van der Waals surface area (Å²) >= 11 is 0. The second-order valence-corrected chi connectivity index (χ2v) is 4.80. The van der Waals surface area contributed by atoms with Gasteiger partial charge >= 0.3 is 12.3 Å². The highest BCUT2D eigenvalue weighted by atomic mass is 19.4. The molecular formula is C13H15F3N2O2. The largest absolute Gasteiger partial charge is 0.446 e. The van der Waals surface area contributed by atoms with Gasteiger partial charge < -0.3 is 10.5 Å². The van der Waals surface area contributed by atoms with Crippen LogP contribution in [-0.4, -0.2) is 18.7 Å². The molecule has 0 bridgehead atoms. The van der Waals surface area contributed by atoms with E-state index >= 15 is 0 Å². The topological polar surface area (TPSA) is 64.3 Å². The van der Waals surface area contributed by atoms with Crippen LogP contribution in [0.25, 0.3) is 0 Å². The van der Waals surface area contributed by atoms with Crippen LogP contribution in [0.3, 0.4) is 0 Å². The maximum Gasteiger partial charge on any atom is 0.416 e. The minimum Gasteiger partial charge on any atom is -0.446 e. The van der Waals surface area contributed by atoms with Crippen molar-refractivity contribution in [1.29, 1.82) is 0 Å². The number of anilines is 1. The molecule has 110 valence electrons. The number of nitrogens with two attached hydrogens (primary N) is 1. The zero-order chi connectivity index (χ0) is 14.8. The molecule has 0 aliphatic heterocycles. The van der Waals surface area contributed by atoms with Gasteiger partial charge in [0.1, 0.15) is 6.10 Å². The summed E-state index contributed by atoms with van der Waals surface area (Å²) < 4.78 is 42.2. The van der Waals surface area contributed by atoms with Crippen LogP contribution in [0.15, 0.2) is 24.3 Å². The quantitative estimate of drug-likeness (QED) is 0.898. The predicted octanol–water partition coefficient (Wildman–Crippen LogP) is 2.99. The fourth-order valence-corrected chi connectivity index (χ4v) is 2.00. The van der Waals surface area contributed by atoms with Crippen LogP contribution in [0.4, 0.5) is 23.7 Å². The van der Waals surface area contributed by atoms with E-state index < -0.39 is 17.8 Å². The molecule has 2 rings (SSSR count). The van der Waals surface area contributed by atoms with Crippen molar-refractivity contribution >= 4 is 11.8 Å². The molecule has 0 heterocycles. The molecule has 1 aromatic carbocycles. The molecule has 1 aromatic rings. The minimum absolute atomic E-state index is 0.155. The molecule has 1 fully saturated rings. The first-order valence-electron chi connectivity index (χ1n) is 6.23. The van der Waals surface area contributed by atoms with Crippen LogP contribution in [-0.2, 0) is 10.9 Å². The summed E-state index contributed by atoms with van der Waals surface area (Å²) in [6, 6.07) is 4.19. The third-order valence-electron chi connectivity index (χ3n) is 3.26. The smallest absolute Gasteiger partial charge is 0.416 e. The Hall–Kier alpha value is -1.76. The normalized spacial score (nSPS) is 22.0. The second kappa shape index (κ2) is 5.70. The number of alkyl halides is 3. The summed E-state index contributed by atoms with van der Waals surface area (Å²) in [5, 5.41) is 2.39. The van der Waals surface area contributed by atoms with Gasteiger partial charge in [0.2, 0.25) is 0 Å². The Kier molecular flexibility index (Phi) is 4.17. The Morgan fingerprint density at radius 2 is 1.90 bits per heavy atom. The third kappa shape index (κ3) is 3.63. The van der Waals surface area contributed by atoms with Crippen molar-refractivity contribution < 1.29 is 22.7 Å². The molecular weight excluding hydrogens is 273 g/mol. The lowest BCUT2D eigenvalue weighted by Crippen LogP contribution is -2.38. The fourth-order valence-electron chi connectivity index (χ4n) is 2.00. The van der Waals surface area contributed by atoms with E-state index in [1.165, 1.54) is 12.1 Å². The van der Waals surface area contributed by atoms with Crippen molar-refractivity contribution in [1.82, 2.24) is 0 Å².